The first kappa shape index (κ1) is 20.5. The van der Waals surface area contributed by atoms with E-state index in [9.17, 15) is 14.4 Å². The molecule has 0 bridgehead atoms. The van der Waals surface area contributed by atoms with Crippen molar-refractivity contribution in [2.75, 3.05) is 0 Å². The van der Waals surface area contributed by atoms with Crippen LogP contribution in [0.5, 0.6) is 0 Å². The van der Waals surface area contributed by atoms with Crippen LogP contribution >= 0.6 is 0 Å². The van der Waals surface area contributed by atoms with Gasteiger partial charge in [-0.25, -0.2) is 9.59 Å². The first-order valence-corrected chi connectivity index (χ1v) is 7.90. The molecule has 0 unspecified atom stereocenters. The van der Waals surface area contributed by atoms with Gasteiger partial charge in [-0.1, -0.05) is 24.3 Å². The third-order valence-corrected chi connectivity index (χ3v) is 3.05. The van der Waals surface area contributed by atoms with Gasteiger partial charge in [-0.2, -0.15) is 0 Å². The molecule has 0 aliphatic heterocycles. The van der Waals surface area contributed by atoms with Gasteiger partial charge >= 0.3 is 12.1 Å². The zero-order valence-electron chi connectivity index (χ0n) is 15.0. The lowest BCUT2D eigenvalue weighted by Crippen LogP contribution is -2.42. The monoisotopic (exact) mass is 349 g/mol. The highest BCUT2D eigenvalue weighted by Crippen LogP contribution is 2.09. The van der Waals surface area contributed by atoms with Gasteiger partial charge in [0.05, 0.1) is 6.42 Å². The maximum absolute atomic E-state index is 11.9. The van der Waals surface area contributed by atoms with E-state index in [1.807, 2.05) is 0 Å². The molecule has 1 radical (unpaired) electrons. The topological polar surface area (TPSA) is 93.7 Å². The molecule has 0 aromatic heterocycles. The van der Waals surface area contributed by atoms with Crippen LogP contribution in [0.2, 0.25) is 0 Å². The van der Waals surface area contributed by atoms with Gasteiger partial charge in [0.25, 0.3) is 0 Å². The predicted octanol–water partition coefficient (Wildman–Crippen LogP) is 2.09. The molecule has 7 heteroatoms. The van der Waals surface area contributed by atoms with Gasteiger partial charge < -0.3 is 20.1 Å². The quantitative estimate of drug-likeness (QED) is 0.767. The highest BCUT2D eigenvalue weighted by atomic mass is 16.6. The second kappa shape index (κ2) is 9.05. The minimum atomic E-state index is -0.824. The molecule has 0 aliphatic rings. The van der Waals surface area contributed by atoms with Crippen LogP contribution in [0.25, 0.3) is 0 Å². The smallest absolute Gasteiger partial charge is 0.408 e. The van der Waals surface area contributed by atoms with Gasteiger partial charge in [-0.3, -0.25) is 4.79 Å². The zero-order chi connectivity index (χ0) is 19.0. The normalized spacial score (nSPS) is 12.0. The molecule has 0 saturated heterocycles. The fourth-order valence-electron chi connectivity index (χ4n) is 1.82. The Bertz CT molecular complexity index is 605. The minimum Gasteiger partial charge on any atom is -0.459 e. The summed E-state index contributed by atoms with van der Waals surface area (Å²) in [4.78, 5) is 34.8. The number of hydrogen-bond donors (Lipinski definition) is 2. The second-order valence-corrected chi connectivity index (χ2v) is 6.57. The van der Waals surface area contributed by atoms with Crippen molar-refractivity contribution in [1.82, 2.24) is 10.6 Å². The fraction of sp³-hybridized carbons (Fsp3) is 0.444. The van der Waals surface area contributed by atoms with Gasteiger partial charge in [0.2, 0.25) is 5.91 Å². The lowest BCUT2D eigenvalue weighted by atomic mass is 10.1. The van der Waals surface area contributed by atoms with Crippen molar-refractivity contribution >= 4 is 18.0 Å². The molecule has 0 spiro atoms. The largest absolute Gasteiger partial charge is 0.459 e. The predicted molar refractivity (Wildman–Crippen MR) is 92.3 cm³/mol. The maximum Gasteiger partial charge on any atom is 0.408 e. The van der Waals surface area contributed by atoms with Gasteiger partial charge in [-0.15, -0.1) is 0 Å². The highest BCUT2D eigenvalue weighted by Gasteiger charge is 2.21. The fourth-order valence-corrected chi connectivity index (χ4v) is 1.82. The lowest BCUT2D eigenvalue weighted by molar-refractivity contribution is -0.147. The summed E-state index contributed by atoms with van der Waals surface area (Å²) in [6.07, 6.45) is -0.439. The number of nitrogens with one attached hydrogen (secondary N) is 2. The van der Waals surface area contributed by atoms with Crippen molar-refractivity contribution in [3.8, 4) is 0 Å². The van der Waals surface area contributed by atoms with Gasteiger partial charge in [0, 0.05) is 7.05 Å². The molecule has 2 N–H and O–H groups in total. The summed E-state index contributed by atoms with van der Waals surface area (Å²) in [7, 11) is 3.31. The highest BCUT2D eigenvalue weighted by molar-refractivity contribution is 5.81. The number of rotatable bonds is 6. The van der Waals surface area contributed by atoms with Crippen LogP contribution in [0, 0.1) is 7.05 Å². The molecule has 7 nitrogen and oxygen atoms in total. The van der Waals surface area contributed by atoms with E-state index in [1.165, 1.54) is 6.92 Å². The first-order valence-electron chi connectivity index (χ1n) is 7.90. The van der Waals surface area contributed by atoms with Crippen molar-refractivity contribution < 1.29 is 23.9 Å². The molecule has 0 heterocycles. The summed E-state index contributed by atoms with van der Waals surface area (Å²) < 4.78 is 10.2. The zero-order valence-corrected chi connectivity index (χ0v) is 15.0. The number of esters is 1. The molecule has 0 saturated carbocycles. The van der Waals surface area contributed by atoms with Crippen LogP contribution in [0.1, 0.15) is 38.8 Å². The van der Waals surface area contributed by atoms with E-state index in [4.69, 9.17) is 9.47 Å². The van der Waals surface area contributed by atoms with E-state index in [0.29, 0.717) is 0 Å². The Morgan fingerprint density at radius 2 is 1.68 bits per heavy atom. The van der Waals surface area contributed by atoms with Crippen molar-refractivity contribution in [2.24, 2.45) is 0 Å². The number of benzene rings is 1. The summed E-state index contributed by atoms with van der Waals surface area (Å²) in [6.45, 7) is 6.80. The van der Waals surface area contributed by atoms with Crippen LogP contribution in [-0.2, 0) is 32.1 Å². The number of alkyl carbamates (subject to hydrolysis) is 1. The average molecular weight is 349 g/mol. The third-order valence-electron chi connectivity index (χ3n) is 3.05. The number of amides is 2. The number of carbonyl (C=O) groups excluding carboxylic acids is 3. The Morgan fingerprint density at radius 1 is 1.12 bits per heavy atom. The van der Waals surface area contributed by atoms with Crippen LogP contribution in [0.3, 0.4) is 0 Å². The van der Waals surface area contributed by atoms with Gasteiger partial charge in [-0.05, 0) is 38.8 Å². The van der Waals surface area contributed by atoms with Crippen LogP contribution in [0.15, 0.2) is 24.3 Å². The molecule has 25 heavy (non-hydrogen) atoms. The molecular formula is C18H25N2O5. The van der Waals surface area contributed by atoms with Gasteiger partial charge in [0.1, 0.15) is 18.2 Å². The van der Waals surface area contributed by atoms with Crippen LogP contribution < -0.4 is 10.6 Å². The number of hydrogen-bond acceptors (Lipinski definition) is 5. The molecule has 2 amide bonds. The van der Waals surface area contributed by atoms with Crippen LogP contribution in [-0.4, -0.2) is 29.6 Å². The van der Waals surface area contributed by atoms with Crippen molar-refractivity contribution in [3.05, 3.63) is 42.4 Å². The molecule has 137 valence electrons. The third kappa shape index (κ3) is 8.19. The first-order chi connectivity index (χ1) is 11.6. The van der Waals surface area contributed by atoms with Crippen molar-refractivity contribution in [3.63, 3.8) is 0 Å². The van der Waals surface area contributed by atoms with E-state index in [-0.39, 0.29) is 18.9 Å². The SMILES string of the molecule is [CH2]NC(=O)Cc1ccc(COC(=O)[C@H](C)NC(=O)OC(C)(C)C)cc1. The number of ether oxygens (including phenoxy) is 2. The minimum absolute atomic E-state index is 0.0704. The Labute approximate surface area is 148 Å². The Hall–Kier alpha value is -2.57. The lowest BCUT2D eigenvalue weighted by Gasteiger charge is -2.21. The molecule has 1 atom stereocenters. The Morgan fingerprint density at radius 3 is 2.20 bits per heavy atom. The molecule has 1 rings (SSSR count). The van der Waals surface area contributed by atoms with Crippen LogP contribution in [0.4, 0.5) is 4.79 Å². The van der Waals surface area contributed by atoms with E-state index in [1.54, 1.807) is 45.0 Å². The Kier molecular flexibility index (Phi) is 7.42. The van der Waals surface area contributed by atoms with E-state index >= 15 is 0 Å². The van der Waals surface area contributed by atoms with E-state index in [2.05, 4.69) is 17.7 Å². The van der Waals surface area contributed by atoms with Crippen molar-refractivity contribution in [1.29, 1.82) is 0 Å². The van der Waals surface area contributed by atoms with E-state index in [0.717, 1.165) is 11.1 Å². The molecular weight excluding hydrogens is 324 g/mol. The molecule has 0 aliphatic carbocycles. The second-order valence-electron chi connectivity index (χ2n) is 6.57. The summed E-state index contributed by atoms with van der Waals surface area (Å²) in [6, 6.07) is 6.27. The summed E-state index contributed by atoms with van der Waals surface area (Å²) in [5, 5.41) is 4.73. The summed E-state index contributed by atoms with van der Waals surface area (Å²) in [5.41, 5.74) is 0.966. The Balaban J connectivity index is 2.45. The number of carbonyl (C=O) groups is 3. The maximum atomic E-state index is 11.9. The molecule has 1 aromatic rings. The standard InChI is InChI=1S/C18H25N2O5/c1-12(20-17(23)25-18(2,3)4)16(22)24-11-14-8-6-13(7-9-14)10-15(21)19-5/h6-9,12H,5,10-11H2,1-4H3,(H,19,21)(H,20,23)/t12-/m0/s1. The average Bonchev–Trinajstić information content (AvgIpc) is 2.51. The van der Waals surface area contributed by atoms with Gasteiger partial charge in [0.15, 0.2) is 0 Å². The summed E-state index contributed by atoms with van der Waals surface area (Å²) >= 11 is 0. The van der Waals surface area contributed by atoms with E-state index < -0.39 is 23.7 Å². The summed E-state index contributed by atoms with van der Waals surface area (Å²) in [5.74, 6) is -0.743. The van der Waals surface area contributed by atoms with Crippen molar-refractivity contribution in [2.45, 2.75) is 52.4 Å². The molecule has 0 fully saturated rings. The molecule has 1 aromatic carbocycles.